The Bertz CT molecular complexity index is 333. The van der Waals surface area contributed by atoms with Gasteiger partial charge in [-0.2, -0.15) is 0 Å². The van der Waals surface area contributed by atoms with E-state index in [1.165, 1.54) is 18.4 Å². The lowest BCUT2D eigenvalue weighted by molar-refractivity contribution is 0.0916. The van der Waals surface area contributed by atoms with Gasteiger partial charge in [0.1, 0.15) is 0 Å². The molecular weight excluding hydrogens is 172 g/mol. The highest BCUT2D eigenvalue weighted by atomic mass is 16.1. The van der Waals surface area contributed by atoms with E-state index in [-0.39, 0.29) is 5.92 Å². The van der Waals surface area contributed by atoms with Gasteiger partial charge in [0.2, 0.25) is 0 Å². The minimum atomic E-state index is 0.220. The maximum atomic E-state index is 11.9. The Morgan fingerprint density at radius 3 is 2.36 bits per heavy atom. The van der Waals surface area contributed by atoms with Crippen molar-refractivity contribution in [1.29, 1.82) is 0 Å². The summed E-state index contributed by atoms with van der Waals surface area (Å²) >= 11 is 0. The molecule has 0 saturated heterocycles. The summed E-state index contributed by atoms with van der Waals surface area (Å²) in [6.07, 6.45) is 2.47. The Morgan fingerprint density at radius 1 is 1.29 bits per heavy atom. The summed E-state index contributed by atoms with van der Waals surface area (Å²) in [4.78, 5) is 11.9. The number of rotatable bonds is 3. The van der Waals surface area contributed by atoms with Crippen LogP contribution in [0.1, 0.15) is 35.7 Å². The SMILES string of the molecule is Cc1ccc(C(=O)C(C)C2CC2)cc1. The average molecular weight is 188 g/mol. The fraction of sp³-hybridized carbons (Fsp3) is 0.462. The van der Waals surface area contributed by atoms with E-state index in [0.29, 0.717) is 11.7 Å². The summed E-state index contributed by atoms with van der Waals surface area (Å²) in [5, 5.41) is 0. The summed E-state index contributed by atoms with van der Waals surface area (Å²) in [5.74, 6) is 1.19. The van der Waals surface area contributed by atoms with Crippen LogP contribution in [0, 0.1) is 18.8 Å². The highest BCUT2D eigenvalue weighted by Crippen LogP contribution is 2.38. The molecule has 1 aliphatic carbocycles. The van der Waals surface area contributed by atoms with Crippen molar-refractivity contribution in [1.82, 2.24) is 0 Å². The highest BCUT2D eigenvalue weighted by Gasteiger charge is 2.32. The maximum Gasteiger partial charge on any atom is 0.165 e. The van der Waals surface area contributed by atoms with E-state index in [0.717, 1.165) is 5.56 Å². The third kappa shape index (κ3) is 1.87. The fourth-order valence-corrected chi connectivity index (χ4v) is 1.79. The molecule has 0 bridgehead atoms. The molecule has 1 nitrogen and oxygen atoms in total. The molecule has 1 saturated carbocycles. The molecule has 2 rings (SSSR count). The van der Waals surface area contributed by atoms with Crippen molar-refractivity contribution >= 4 is 5.78 Å². The molecule has 14 heavy (non-hydrogen) atoms. The van der Waals surface area contributed by atoms with Gasteiger partial charge < -0.3 is 0 Å². The first-order valence-corrected chi connectivity index (χ1v) is 5.29. The van der Waals surface area contributed by atoms with Crippen molar-refractivity contribution in [2.45, 2.75) is 26.7 Å². The summed E-state index contributed by atoms with van der Waals surface area (Å²) in [6, 6.07) is 7.90. The van der Waals surface area contributed by atoms with E-state index in [1.807, 2.05) is 31.2 Å². The number of Topliss-reactive ketones (excluding diaryl/α,β-unsaturated/α-hetero) is 1. The van der Waals surface area contributed by atoms with Gasteiger partial charge in [-0.1, -0.05) is 36.8 Å². The molecule has 0 spiro atoms. The molecule has 0 radical (unpaired) electrons. The minimum Gasteiger partial charge on any atom is -0.294 e. The number of ketones is 1. The Kier molecular flexibility index (Phi) is 2.40. The first-order valence-electron chi connectivity index (χ1n) is 5.29. The molecule has 74 valence electrons. The van der Waals surface area contributed by atoms with Crippen LogP contribution in [0.3, 0.4) is 0 Å². The standard InChI is InChI=1S/C13H16O/c1-9-3-5-12(6-4-9)13(14)10(2)11-7-8-11/h3-6,10-11H,7-8H2,1-2H3. The molecule has 0 aliphatic heterocycles. The maximum absolute atomic E-state index is 11.9. The predicted octanol–water partition coefficient (Wildman–Crippen LogP) is 3.22. The molecule has 1 aliphatic rings. The number of aryl methyl sites for hydroxylation is 1. The molecule has 1 fully saturated rings. The topological polar surface area (TPSA) is 17.1 Å². The van der Waals surface area contributed by atoms with Gasteiger partial charge in [-0.05, 0) is 25.7 Å². The monoisotopic (exact) mass is 188 g/mol. The van der Waals surface area contributed by atoms with E-state index in [2.05, 4.69) is 6.92 Å². The van der Waals surface area contributed by atoms with E-state index in [9.17, 15) is 4.79 Å². The zero-order valence-electron chi connectivity index (χ0n) is 8.79. The van der Waals surface area contributed by atoms with Crippen LogP contribution in [0.15, 0.2) is 24.3 Å². The molecule has 1 atom stereocenters. The summed E-state index contributed by atoms with van der Waals surface area (Å²) < 4.78 is 0. The third-order valence-electron chi connectivity index (χ3n) is 3.08. The summed E-state index contributed by atoms with van der Waals surface area (Å²) in [6.45, 7) is 4.10. The largest absolute Gasteiger partial charge is 0.294 e. The van der Waals surface area contributed by atoms with E-state index >= 15 is 0 Å². The molecule has 0 heterocycles. The molecule has 0 aromatic heterocycles. The van der Waals surface area contributed by atoms with Crippen molar-refractivity contribution in [2.24, 2.45) is 11.8 Å². The molecule has 1 unspecified atom stereocenters. The van der Waals surface area contributed by atoms with Crippen molar-refractivity contribution in [2.75, 3.05) is 0 Å². The van der Waals surface area contributed by atoms with Crippen molar-refractivity contribution in [3.63, 3.8) is 0 Å². The van der Waals surface area contributed by atoms with Crippen molar-refractivity contribution in [3.8, 4) is 0 Å². The lowest BCUT2D eigenvalue weighted by Crippen LogP contribution is -2.12. The van der Waals surface area contributed by atoms with Gasteiger partial charge in [0.25, 0.3) is 0 Å². The third-order valence-corrected chi connectivity index (χ3v) is 3.08. The molecular formula is C13H16O. The van der Waals surface area contributed by atoms with Gasteiger partial charge in [-0.25, -0.2) is 0 Å². The van der Waals surface area contributed by atoms with Crippen LogP contribution >= 0.6 is 0 Å². The first kappa shape index (κ1) is 9.45. The number of hydrogen-bond donors (Lipinski definition) is 0. The van der Waals surface area contributed by atoms with Crippen LogP contribution in [0.5, 0.6) is 0 Å². The summed E-state index contributed by atoms with van der Waals surface area (Å²) in [7, 11) is 0. The second kappa shape index (κ2) is 3.56. The van der Waals surface area contributed by atoms with Crippen molar-refractivity contribution in [3.05, 3.63) is 35.4 Å². The first-order chi connectivity index (χ1) is 6.68. The van der Waals surface area contributed by atoms with Gasteiger partial charge >= 0.3 is 0 Å². The quantitative estimate of drug-likeness (QED) is 0.665. The van der Waals surface area contributed by atoms with Gasteiger partial charge in [-0.3, -0.25) is 4.79 Å². The predicted molar refractivity (Wildman–Crippen MR) is 57.4 cm³/mol. The Labute approximate surface area is 85.1 Å². The zero-order valence-corrected chi connectivity index (χ0v) is 8.79. The molecule has 1 heteroatoms. The average Bonchev–Trinajstić information content (AvgIpc) is 3.00. The minimum absolute atomic E-state index is 0.220. The van der Waals surface area contributed by atoms with Crippen LogP contribution in [0.2, 0.25) is 0 Å². The van der Waals surface area contributed by atoms with Gasteiger partial charge in [0, 0.05) is 11.5 Å². The molecule has 1 aromatic carbocycles. The number of carbonyl (C=O) groups excluding carboxylic acids is 1. The van der Waals surface area contributed by atoms with Crippen LogP contribution < -0.4 is 0 Å². The fourth-order valence-electron chi connectivity index (χ4n) is 1.79. The molecule has 0 amide bonds. The number of carbonyl (C=O) groups is 1. The number of benzene rings is 1. The van der Waals surface area contributed by atoms with E-state index in [4.69, 9.17) is 0 Å². The normalized spacial score (nSPS) is 17.9. The molecule has 0 N–H and O–H groups in total. The lowest BCUT2D eigenvalue weighted by Gasteiger charge is -2.08. The Balaban J connectivity index is 2.13. The highest BCUT2D eigenvalue weighted by molar-refractivity contribution is 5.98. The van der Waals surface area contributed by atoms with Crippen LogP contribution in [-0.2, 0) is 0 Å². The lowest BCUT2D eigenvalue weighted by atomic mass is 9.95. The van der Waals surface area contributed by atoms with Gasteiger partial charge in [0.05, 0.1) is 0 Å². The van der Waals surface area contributed by atoms with Crippen LogP contribution in [0.25, 0.3) is 0 Å². The second-order valence-electron chi connectivity index (χ2n) is 4.36. The number of hydrogen-bond acceptors (Lipinski definition) is 1. The van der Waals surface area contributed by atoms with Crippen LogP contribution in [0.4, 0.5) is 0 Å². The summed E-state index contributed by atoms with van der Waals surface area (Å²) in [5.41, 5.74) is 2.08. The zero-order chi connectivity index (χ0) is 10.1. The Hall–Kier alpha value is -1.11. The smallest absolute Gasteiger partial charge is 0.165 e. The van der Waals surface area contributed by atoms with Gasteiger partial charge in [-0.15, -0.1) is 0 Å². The van der Waals surface area contributed by atoms with E-state index < -0.39 is 0 Å². The van der Waals surface area contributed by atoms with Crippen LogP contribution in [-0.4, -0.2) is 5.78 Å². The Morgan fingerprint density at radius 2 is 1.86 bits per heavy atom. The molecule has 1 aromatic rings. The second-order valence-corrected chi connectivity index (χ2v) is 4.36. The van der Waals surface area contributed by atoms with Gasteiger partial charge in [0.15, 0.2) is 5.78 Å². The van der Waals surface area contributed by atoms with E-state index in [1.54, 1.807) is 0 Å². The van der Waals surface area contributed by atoms with Crippen molar-refractivity contribution < 1.29 is 4.79 Å².